The van der Waals surface area contributed by atoms with E-state index >= 15 is 0 Å². The summed E-state index contributed by atoms with van der Waals surface area (Å²) < 4.78 is 1.77. The van der Waals surface area contributed by atoms with Gasteiger partial charge in [-0.1, -0.05) is 0 Å². The number of aryl methyl sites for hydroxylation is 2. The fourth-order valence-corrected chi connectivity index (χ4v) is 1.48. The Morgan fingerprint density at radius 3 is 2.62 bits per heavy atom. The molecule has 2 rings (SSSR count). The van der Waals surface area contributed by atoms with Crippen molar-refractivity contribution < 1.29 is 4.92 Å². The summed E-state index contributed by atoms with van der Waals surface area (Å²) in [6.07, 6.45) is 4.70. The van der Waals surface area contributed by atoms with Crippen molar-refractivity contribution in [3.63, 3.8) is 0 Å². The van der Waals surface area contributed by atoms with Crippen molar-refractivity contribution in [2.24, 2.45) is 0 Å². The molecule has 2 aromatic rings. The Labute approximate surface area is 91.7 Å². The standard InChI is InChI=1S/C10H10N4O2/c1-7-5-10(12-6-9(7)14(15)16)13-4-3-11-8(13)2/h3-6H,1-2H3. The van der Waals surface area contributed by atoms with Crippen LogP contribution in [0, 0.1) is 24.0 Å². The van der Waals surface area contributed by atoms with Gasteiger partial charge in [-0.25, -0.2) is 9.97 Å². The van der Waals surface area contributed by atoms with Crippen LogP contribution in [0.25, 0.3) is 5.82 Å². The molecule has 2 heterocycles. The number of rotatable bonds is 2. The highest BCUT2D eigenvalue weighted by Gasteiger charge is 2.12. The molecule has 0 unspecified atom stereocenters. The van der Waals surface area contributed by atoms with Crippen LogP contribution in [-0.4, -0.2) is 19.5 Å². The normalized spacial score (nSPS) is 10.4. The average molecular weight is 218 g/mol. The molecule has 6 heteroatoms. The fraction of sp³-hybridized carbons (Fsp3) is 0.200. The van der Waals surface area contributed by atoms with Crippen LogP contribution in [0.5, 0.6) is 0 Å². The molecule has 0 atom stereocenters. The van der Waals surface area contributed by atoms with Crippen molar-refractivity contribution in [3.05, 3.63) is 46.2 Å². The lowest BCUT2D eigenvalue weighted by Gasteiger charge is -2.04. The highest BCUT2D eigenvalue weighted by Crippen LogP contribution is 2.18. The van der Waals surface area contributed by atoms with Gasteiger partial charge in [0.2, 0.25) is 0 Å². The van der Waals surface area contributed by atoms with Crippen LogP contribution < -0.4 is 0 Å². The zero-order valence-corrected chi connectivity index (χ0v) is 8.91. The van der Waals surface area contributed by atoms with Crippen LogP contribution in [0.1, 0.15) is 11.4 Å². The molecule has 0 bridgehead atoms. The van der Waals surface area contributed by atoms with Crippen LogP contribution in [0.2, 0.25) is 0 Å². The van der Waals surface area contributed by atoms with E-state index < -0.39 is 4.92 Å². The summed E-state index contributed by atoms with van der Waals surface area (Å²) in [4.78, 5) is 18.3. The van der Waals surface area contributed by atoms with E-state index in [0.717, 1.165) is 5.82 Å². The minimum atomic E-state index is -0.438. The molecule has 0 saturated heterocycles. The van der Waals surface area contributed by atoms with E-state index in [1.807, 2.05) is 6.92 Å². The molecule has 2 aromatic heterocycles. The molecule has 0 fully saturated rings. The molecule has 0 amide bonds. The summed E-state index contributed by atoms with van der Waals surface area (Å²) in [5.74, 6) is 1.43. The molecule has 0 aliphatic carbocycles. The lowest BCUT2D eigenvalue weighted by Crippen LogP contribution is -2.01. The molecule has 16 heavy (non-hydrogen) atoms. The number of hydrogen-bond acceptors (Lipinski definition) is 4. The maximum absolute atomic E-state index is 10.6. The molecule has 0 spiro atoms. The van der Waals surface area contributed by atoms with Crippen LogP contribution in [0.4, 0.5) is 5.69 Å². The van der Waals surface area contributed by atoms with Crippen molar-refractivity contribution in [3.8, 4) is 5.82 Å². The lowest BCUT2D eigenvalue weighted by molar-refractivity contribution is -0.385. The van der Waals surface area contributed by atoms with Gasteiger partial charge in [0.15, 0.2) is 0 Å². The first-order chi connectivity index (χ1) is 7.59. The molecule has 0 N–H and O–H groups in total. The lowest BCUT2D eigenvalue weighted by atomic mass is 10.2. The number of nitrogens with zero attached hydrogens (tertiary/aromatic N) is 4. The third-order valence-electron chi connectivity index (χ3n) is 2.34. The molecule has 0 saturated carbocycles. The Balaban J connectivity index is 2.50. The Bertz CT molecular complexity index is 548. The number of pyridine rings is 1. The van der Waals surface area contributed by atoms with E-state index in [1.54, 1.807) is 30.0 Å². The smallest absolute Gasteiger partial charge is 0.288 e. The van der Waals surface area contributed by atoms with Crippen LogP contribution in [-0.2, 0) is 0 Å². The van der Waals surface area contributed by atoms with Gasteiger partial charge < -0.3 is 0 Å². The molecule has 6 nitrogen and oxygen atoms in total. The van der Waals surface area contributed by atoms with Crippen molar-refractivity contribution in [2.45, 2.75) is 13.8 Å². The second-order valence-electron chi connectivity index (χ2n) is 3.43. The monoisotopic (exact) mass is 218 g/mol. The first kappa shape index (κ1) is 10.3. The first-order valence-electron chi connectivity index (χ1n) is 4.71. The van der Waals surface area contributed by atoms with E-state index in [0.29, 0.717) is 11.4 Å². The SMILES string of the molecule is Cc1cc(-n2ccnc2C)ncc1[N+](=O)[O-]. The van der Waals surface area contributed by atoms with E-state index in [-0.39, 0.29) is 5.69 Å². The summed E-state index contributed by atoms with van der Waals surface area (Å²) in [6, 6.07) is 1.67. The number of aromatic nitrogens is 3. The van der Waals surface area contributed by atoms with Crippen LogP contribution in [0.15, 0.2) is 24.7 Å². The number of hydrogen-bond donors (Lipinski definition) is 0. The minimum absolute atomic E-state index is 0.0292. The van der Waals surface area contributed by atoms with Gasteiger partial charge in [-0.15, -0.1) is 0 Å². The second-order valence-corrected chi connectivity index (χ2v) is 3.43. The average Bonchev–Trinajstić information content (AvgIpc) is 2.63. The predicted molar refractivity (Wildman–Crippen MR) is 57.5 cm³/mol. The van der Waals surface area contributed by atoms with Crippen molar-refractivity contribution in [1.29, 1.82) is 0 Å². The quantitative estimate of drug-likeness (QED) is 0.569. The molecular weight excluding hydrogens is 208 g/mol. The van der Waals surface area contributed by atoms with E-state index in [9.17, 15) is 10.1 Å². The number of imidazole rings is 1. The largest absolute Gasteiger partial charge is 0.290 e. The Morgan fingerprint density at radius 2 is 2.12 bits per heavy atom. The molecule has 0 aromatic carbocycles. The predicted octanol–water partition coefficient (Wildman–Crippen LogP) is 1.79. The van der Waals surface area contributed by atoms with Crippen molar-refractivity contribution >= 4 is 5.69 Å². The van der Waals surface area contributed by atoms with Gasteiger partial charge in [0.05, 0.1) is 4.92 Å². The van der Waals surface area contributed by atoms with Gasteiger partial charge >= 0.3 is 0 Å². The number of nitro groups is 1. The highest BCUT2D eigenvalue weighted by molar-refractivity contribution is 5.42. The third-order valence-corrected chi connectivity index (χ3v) is 2.34. The van der Waals surface area contributed by atoms with Gasteiger partial charge in [-0.2, -0.15) is 0 Å². The Morgan fingerprint density at radius 1 is 1.38 bits per heavy atom. The molecule has 0 radical (unpaired) electrons. The van der Waals surface area contributed by atoms with Crippen LogP contribution >= 0.6 is 0 Å². The first-order valence-corrected chi connectivity index (χ1v) is 4.71. The highest BCUT2D eigenvalue weighted by atomic mass is 16.6. The van der Waals surface area contributed by atoms with Gasteiger partial charge in [-0.05, 0) is 19.9 Å². The maximum atomic E-state index is 10.6. The van der Waals surface area contributed by atoms with Gasteiger partial charge in [0.25, 0.3) is 5.69 Å². The topological polar surface area (TPSA) is 73.8 Å². The summed E-state index contributed by atoms with van der Waals surface area (Å²) >= 11 is 0. The molecule has 0 aliphatic rings. The van der Waals surface area contributed by atoms with E-state index in [1.165, 1.54) is 6.20 Å². The van der Waals surface area contributed by atoms with Crippen LogP contribution in [0.3, 0.4) is 0 Å². The summed E-state index contributed by atoms with van der Waals surface area (Å²) in [5, 5.41) is 10.6. The van der Waals surface area contributed by atoms with Gasteiger partial charge in [0, 0.05) is 18.0 Å². The minimum Gasteiger partial charge on any atom is -0.288 e. The van der Waals surface area contributed by atoms with Crippen molar-refractivity contribution in [2.75, 3.05) is 0 Å². The summed E-state index contributed by atoms with van der Waals surface area (Å²) in [7, 11) is 0. The Kier molecular flexibility index (Phi) is 2.40. The molecule has 0 aliphatic heterocycles. The zero-order chi connectivity index (χ0) is 11.7. The van der Waals surface area contributed by atoms with Crippen molar-refractivity contribution in [1.82, 2.24) is 14.5 Å². The maximum Gasteiger partial charge on any atom is 0.290 e. The van der Waals surface area contributed by atoms with E-state index in [4.69, 9.17) is 0 Å². The van der Waals surface area contributed by atoms with E-state index in [2.05, 4.69) is 9.97 Å². The van der Waals surface area contributed by atoms with Gasteiger partial charge in [-0.3, -0.25) is 14.7 Å². The third kappa shape index (κ3) is 1.65. The Hall–Kier alpha value is -2.24. The summed E-state index contributed by atoms with van der Waals surface area (Å²) in [5.41, 5.74) is 0.615. The fourth-order valence-electron chi connectivity index (χ4n) is 1.48. The zero-order valence-electron chi connectivity index (χ0n) is 8.91. The second kappa shape index (κ2) is 3.73. The van der Waals surface area contributed by atoms with Gasteiger partial charge in [0.1, 0.15) is 17.8 Å². The summed E-state index contributed by atoms with van der Waals surface area (Å²) in [6.45, 7) is 3.54. The molecule has 82 valence electrons. The molecular formula is C10H10N4O2.